The van der Waals surface area contributed by atoms with Gasteiger partial charge in [0.2, 0.25) is 0 Å². The van der Waals surface area contributed by atoms with Crippen molar-refractivity contribution in [3.8, 4) is 11.1 Å². The minimum Gasteiger partial charge on any atom is -0.441 e. The van der Waals surface area contributed by atoms with Gasteiger partial charge in [-0.3, -0.25) is 4.90 Å². The molecule has 2 N–H and O–H groups in total. The van der Waals surface area contributed by atoms with Crippen molar-refractivity contribution in [2.45, 2.75) is 12.7 Å². The molecular weight excluding hydrogens is 301 g/mol. The monoisotopic (exact) mass is 317 g/mol. The number of hydrogen-bond donors (Lipinski definition) is 2. The van der Waals surface area contributed by atoms with E-state index in [4.69, 9.17) is 14.9 Å². The summed E-state index contributed by atoms with van der Waals surface area (Å²) in [5.41, 5.74) is 2.23. The Morgan fingerprint density at radius 3 is 2.48 bits per heavy atom. The number of aliphatic hydroxyl groups is 2. The van der Waals surface area contributed by atoms with E-state index in [1.54, 1.807) is 36.4 Å². The van der Waals surface area contributed by atoms with Crippen molar-refractivity contribution < 1.29 is 24.1 Å². The van der Waals surface area contributed by atoms with Crippen molar-refractivity contribution in [1.29, 1.82) is 0 Å². The molecule has 2 aromatic rings. The average molecular weight is 317 g/mol. The van der Waals surface area contributed by atoms with Crippen LogP contribution in [0.1, 0.15) is 5.56 Å². The van der Waals surface area contributed by atoms with Crippen molar-refractivity contribution in [3.05, 3.63) is 53.8 Å². The van der Waals surface area contributed by atoms with E-state index in [1.165, 1.54) is 11.0 Å². The van der Waals surface area contributed by atoms with E-state index in [1.807, 2.05) is 0 Å². The summed E-state index contributed by atoms with van der Waals surface area (Å²) in [4.78, 5) is 13.0. The Labute approximate surface area is 132 Å². The molecule has 120 valence electrons. The van der Waals surface area contributed by atoms with Crippen LogP contribution in [0.4, 0.5) is 14.9 Å². The van der Waals surface area contributed by atoms with Crippen LogP contribution in [0.3, 0.4) is 0 Å². The van der Waals surface area contributed by atoms with Crippen LogP contribution < -0.4 is 4.90 Å². The predicted molar refractivity (Wildman–Crippen MR) is 82.5 cm³/mol. The first-order chi connectivity index (χ1) is 11.1. The van der Waals surface area contributed by atoms with Gasteiger partial charge in [-0.2, -0.15) is 0 Å². The molecule has 0 aliphatic carbocycles. The zero-order valence-corrected chi connectivity index (χ0v) is 12.3. The fourth-order valence-electron chi connectivity index (χ4n) is 2.52. The van der Waals surface area contributed by atoms with Gasteiger partial charge in [-0.05, 0) is 29.3 Å². The SMILES string of the molecule is O=C1O[C@@H](CO)CN1c1ccc(-c2ccc(CO)cc2)c(F)c1. The fraction of sp³-hybridized carbons (Fsp3) is 0.235. The van der Waals surface area contributed by atoms with Crippen LogP contribution in [0, 0.1) is 5.82 Å². The lowest BCUT2D eigenvalue weighted by atomic mass is 10.0. The summed E-state index contributed by atoms with van der Waals surface area (Å²) >= 11 is 0. The highest BCUT2D eigenvalue weighted by molar-refractivity contribution is 5.90. The Morgan fingerprint density at radius 2 is 1.91 bits per heavy atom. The number of ether oxygens (including phenoxy) is 1. The van der Waals surface area contributed by atoms with Crippen LogP contribution in [-0.4, -0.2) is 35.6 Å². The Bertz CT molecular complexity index is 717. The Hall–Kier alpha value is -2.44. The standard InChI is InChI=1S/C17H16FNO4/c18-16-7-13(19-8-14(10-21)23-17(19)22)5-6-15(16)12-3-1-11(9-20)2-4-12/h1-7,14,20-21H,8-10H2/t14-/m1/s1. The molecule has 0 bridgehead atoms. The van der Waals surface area contributed by atoms with E-state index < -0.39 is 18.0 Å². The zero-order valence-electron chi connectivity index (χ0n) is 12.3. The molecule has 1 saturated heterocycles. The maximum Gasteiger partial charge on any atom is 0.414 e. The number of carbonyl (C=O) groups is 1. The largest absolute Gasteiger partial charge is 0.441 e. The number of cyclic esters (lactones) is 1. The highest BCUT2D eigenvalue weighted by Gasteiger charge is 2.32. The average Bonchev–Trinajstić information content (AvgIpc) is 2.96. The van der Waals surface area contributed by atoms with E-state index >= 15 is 0 Å². The second-order valence-electron chi connectivity index (χ2n) is 5.32. The topological polar surface area (TPSA) is 70.0 Å². The van der Waals surface area contributed by atoms with Gasteiger partial charge in [0.15, 0.2) is 0 Å². The number of benzene rings is 2. The maximum absolute atomic E-state index is 14.4. The van der Waals surface area contributed by atoms with Crippen LogP contribution in [0.15, 0.2) is 42.5 Å². The van der Waals surface area contributed by atoms with Crippen LogP contribution in [-0.2, 0) is 11.3 Å². The first-order valence-corrected chi connectivity index (χ1v) is 7.21. The molecule has 0 spiro atoms. The number of anilines is 1. The minimum absolute atomic E-state index is 0.0647. The smallest absolute Gasteiger partial charge is 0.414 e. The molecule has 6 heteroatoms. The molecule has 0 unspecified atom stereocenters. The molecule has 0 saturated carbocycles. The Balaban J connectivity index is 1.87. The lowest BCUT2D eigenvalue weighted by Crippen LogP contribution is -2.25. The molecular formula is C17H16FNO4. The molecule has 1 aliphatic rings. The second kappa shape index (κ2) is 6.36. The van der Waals surface area contributed by atoms with Gasteiger partial charge >= 0.3 is 6.09 Å². The van der Waals surface area contributed by atoms with Gasteiger partial charge in [-0.15, -0.1) is 0 Å². The van der Waals surface area contributed by atoms with Gasteiger partial charge in [0.05, 0.1) is 25.4 Å². The highest BCUT2D eigenvalue weighted by Crippen LogP contribution is 2.29. The normalized spacial score (nSPS) is 17.4. The van der Waals surface area contributed by atoms with E-state index in [-0.39, 0.29) is 19.8 Å². The maximum atomic E-state index is 14.4. The molecule has 1 atom stereocenters. The number of hydrogen-bond acceptors (Lipinski definition) is 4. The summed E-state index contributed by atoms with van der Waals surface area (Å²) in [6.07, 6.45) is -1.18. The number of rotatable bonds is 4. The van der Waals surface area contributed by atoms with Crippen LogP contribution in [0.2, 0.25) is 0 Å². The van der Waals surface area contributed by atoms with E-state index in [2.05, 4.69) is 0 Å². The summed E-state index contributed by atoms with van der Waals surface area (Å²) in [6.45, 7) is -0.135. The van der Waals surface area contributed by atoms with Gasteiger partial charge in [-0.25, -0.2) is 9.18 Å². The molecule has 2 aromatic carbocycles. The summed E-state index contributed by atoms with van der Waals surface area (Å²) in [5.74, 6) is -0.459. The molecule has 1 amide bonds. The third-order valence-electron chi connectivity index (χ3n) is 3.79. The first-order valence-electron chi connectivity index (χ1n) is 7.21. The highest BCUT2D eigenvalue weighted by atomic mass is 19.1. The number of halogens is 1. The lowest BCUT2D eigenvalue weighted by Gasteiger charge is -2.14. The lowest BCUT2D eigenvalue weighted by molar-refractivity contribution is 0.0963. The van der Waals surface area contributed by atoms with E-state index in [9.17, 15) is 9.18 Å². The van der Waals surface area contributed by atoms with Crippen molar-refractivity contribution in [3.63, 3.8) is 0 Å². The predicted octanol–water partition coefficient (Wildman–Crippen LogP) is 2.30. The van der Waals surface area contributed by atoms with Gasteiger partial charge in [0, 0.05) is 5.56 Å². The van der Waals surface area contributed by atoms with Gasteiger partial charge < -0.3 is 14.9 Å². The zero-order chi connectivity index (χ0) is 16.4. The number of amides is 1. The molecule has 3 rings (SSSR count). The second-order valence-corrected chi connectivity index (χ2v) is 5.32. The summed E-state index contributed by atoms with van der Waals surface area (Å²) in [7, 11) is 0. The molecule has 5 nitrogen and oxygen atoms in total. The third-order valence-corrected chi connectivity index (χ3v) is 3.79. The summed E-state index contributed by atoms with van der Waals surface area (Å²) in [6, 6.07) is 11.4. The van der Waals surface area contributed by atoms with Gasteiger partial charge in [0.25, 0.3) is 0 Å². The third kappa shape index (κ3) is 3.04. The molecule has 1 heterocycles. The first kappa shape index (κ1) is 15.5. The van der Waals surface area contributed by atoms with E-state index in [0.717, 1.165) is 5.56 Å². The van der Waals surface area contributed by atoms with Crippen molar-refractivity contribution in [1.82, 2.24) is 0 Å². The number of carbonyl (C=O) groups excluding carboxylic acids is 1. The summed E-state index contributed by atoms with van der Waals surface area (Å²) in [5, 5.41) is 18.1. The van der Waals surface area contributed by atoms with Crippen molar-refractivity contribution >= 4 is 11.8 Å². The molecule has 23 heavy (non-hydrogen) atoms. The van der Waals surface area contributed by atoms with Crippen LogP contribution in [0.25, 0.3) is 11.1 Å². The molecule has 0 radical (unpaired) electrons. The molecule has 1 aliphatic heterocycles. The van der Waals surface area contributed by atoms with Crippen LogP contribution >= 0.6 is 0 Å². The molecule has 0 aromatic heterocycles. The quantitative estimate of drug-likeness (QED) is 0.908. The van der Waals surface area contributed by atoms with Crippen molar-refractivity contribution in [2.75, 3.05) is 18.1 Å². The van der Waals surface area contributed by atoms with Gasteiger partial charge in [-0.1, -0.05) is 24.3 Å². The number of nitrogens with zero attached hydrogens (tertiary/aromatic N) is 1. The summed E-state index contributed by atoms with van der Waals surface area (Å²) < 4.78 is 19.3. The van der Waals surface area contributed by atoms with Gasteiger partial charge in [0.1, 0.15) is 11.9 Å². The fourth-order valence-corrected chi connectivity index (χ4v) is 2.52. The minimum atomic E-state index is -0.594. The Kier molecular flexibility index (Phi) is 4.27. The van der Waals surface area contributed by atoms with E-state index in [0.29, 0.717) is 16.8 Å². The molecule has 1 fully saturated rings. The Morgan fingerprint density at radius 1 is 1.17 bits per heavy atom. The number of aliphatic hydroxyl groups excluding tert-OH is 2. The van der Waals surface area contributed by atoms with Crippen molar-refractivity contribution in [2.24, 2.45) is 0 Å². The van der Waals surface area contributed by atoms with Crippen LogP contribution in [0.5, 0.6) is 0 Å².